The fraction of sp³-hybridized carbons (Fsp3) is 0.316. The van der Waals surface area contributed by atoms with Gasteiger partial charge in [0.25, 0.3) is 0 Å². The molecule has 0 bridgehead atoms. The second kappa shape index (κ2) is 6.63. The number of fused-ring (bicyclic) bond motifs is 1. The molecule has 0 aliphatic carbocycles. The van der Waals surface area contributed by atoms with Gasteiger partial charge in [0.05, 0.1) is 5.69 Å². The highest BCUT2D eigenvalue weighted by Gasteiger charge is 2.26. The number of hydrogen-bond acceptors (Lipinski definition) is 4. The second-order valence-electron chi connectivity index (χ2n) is 6.27. The largest absolute Gasteiger partial charge is 0.454 e. The summed E-state index contributed by atoms with van der Waals surface area (Å²) in [5, 5.41) is 2.94. The number of ether oxygens (including phenoxy) is 2. The third-order valence-electron chi connectivity index (χ3n) is 4.70. The Morgan fingerprint density at radius 2 is 1.84 bits per heavy atom. The summed E-state index contributed by atoms with van der Waals surface area (Å²) in [5.41, 5.74) is 1.31. The van der Waals surface area contributed by atoms with Gasteiger partial charge in [-0.25, -0.2) is 4.39 Å². The minimum Gasteiger partial charge on any atom is -0.454 e. The number of amides is 1. The van der Waals surface area contributed by atoms with Gasteiger partial charge < -0.3 is 19.7 Å². The van der Waals surface area contributed by atoms with Crippen LogP contribution >= 0.6 is 0 Å². The van der Waals surface area contributed by atoms with Crippen molar-refractivity contribution in [1.29, 1.82) is 0 Å². The zero-order valence-electron chi connectivity index (χ0n) is 13.7. The minimum atomic E-state index is -0.217. The molecular weight excluding hydrogens is 323 g/mol. The molecule has 2 aliphatic heterocycles. The molecular formula is C19H19FN2O3. The van der Waals surface area contributed by atoms with Crippen LogP contribution in [0.15, 0.2) is 42.5 Å². The molecule has 0 aromatic heterocycles. The monoisotopic (exact) mass is 342 g/mol. The number of nitrogens with zero attached hydrogens (tertiary/aromatic N) is 1. The molecule has 2 aromatic carbocycles. The third-order valence-corrected chi connectivity index (χ3v) is 4.70. The fourth-order valence-corrected chi connectivity index (χ4v) is 3.31. The lowest BCUT2D eigenvalue weighted by Crippen LogP contribution is -2.38. The number of anilines is 2. The molecule has 2 heterocycles. The van der Waals surface area contributed by atoms with E-state index in [0.29, 0.717) is 48.8 Å². The van der Waals surface area contributed by atoms with E-state index in [1.54, 1.807) is 30.3 Å². The highest BCUT2D eigenvalue weighted by Crippen LogP contribution is 2.34. The summed E-state index contributed by atoms with van der Waals surface area (Å²) in [5.74, 6) is 1.04. The van der Waals surface area contributed by atoms with Crippen molar-refractivity contribution in [2.45, 2.75) is 12.8 Å². The molecule has 0 unspecified atom stereocenters. The van der Waals surface area contributed by atoms with Gasteiger partial charge in [0, 0.05) is 30.8 Å². The molecule has 1 N–H and O–H groups in total. The van der Waals surface area contributed by atoms with Gasteiger partial charge in [-0.3, -0.25) is 4.79 Å². The first-order valence-corrected chi connectivity index (χ1v) is 8.41. The number of hydrogen-bond donors (Lipinski definition) is 1. The van der Waals surface area contributed by atoms with E-state index in [4.69, 9.17) is 9.47 Å². The number of carbonyl (C=O) groups excluding carboxylic acids is 1. The summed E-state index contributed by atoms with van der Waals surface area (Å²) in [6, 6.07) is 12.1. The van der Waals surface area contributed by atoms with E-state index < -0.39 is 0 Å². The van der Waals surface area contributed by atoms with Gasteiger partial charge >= 0.3 is 0 Å². The lowest BCUT2D eigenvalue weighted by molar-refractivity contribution is -0.120. The Morgan fingerprint density at radius 3 is 2.64 bits per heavy atom. The van der Waals surface area contributed by atoms with Crippen LogP contribution in [0.4, 0.5) is 15.8 Å². The molecule has 0 saturated carbocycles. The van der Waals surface area contributed by atoms with Crippen LogP contribution in [-0.4, -0.2) is 25.8 Å². The maximum atomic E-state index is 13.9. The van der Waals surface area contributed by atoms with Crippen molar-refractivity contribution in [1.82, 2.24) is 0 Å². The molecule has 1 fully saturated rings. The Balaban J connectivity index is 1.36. The number of benzene rings is 2. The van der Waals surface area contributed by atoms with E-state index in [-0.39, 0.29) is 24.4 Å². The molecule has 6 heteroatoms. The molecule has 2 aromatic rings. The van der Waals surface area contributed by atoms with E-state index >= 15 is 0 Å². The van der Waals surface area contributed by atoms with Crippen LogP contribution in [0.3, 0.4) is 0 Å². The van der Waals surface area contributed by atoms with E-state index in [9.17, 15) is 9.18 Å². The highest BCUT2D eigenvalue weighted by molar-refractivity contribution is 5.93. The molecule has 0 spiro atoms. The van der Waals surface area contributed by atoms with E-state index in [2.05, 4.69) is 5.32 Å². The quantitative estimate of drug-likeness (QED) is 0.929. The van der Waals surface area contributed by atoms with Crippen molar-refractivity contribution < 1.29 is 18.7 Å². The molecule has 1 amide bonds. The lowest BCUT2D eigenvalue weighted by Gasteiger charge is -2.33. The van der Waals surface area contributed by atoms with Gasteiger partial charge in [-0.15, -0.1) is 0 Å². The Bertz CT molecular complexity index is 788. The number of halogens is 1. The first-order valence-electron chi connectivity index (χ1n) is 8.41. The van der Waals surface area contributed by atoms with Gasteiger partial charge in [-0.1, -0.05) is 12.1 Å². The molecule has 130 valence electrons. The second-order valence-corrected chi connectivity index (χ2v) is 6.27. The van der Waals surface area contributed by atoms with Gasteiger partial charge in [0.1, 0.15) is 5.82 Å². The number of piperidine rings is 1. The van der Waals surface area contributed by atoms with Crippen LogP contribution < -0.4 is 19.7 Å². The third kappa shape index (κ3) is 3.24. The molecule has 5 nitrogen and oxygen atoms in total. The minimum absolute atomic E-state index is 0.00736. The zero-order valence-corrected chi connectivity index (χ0v) is 13.7. The Labute approximate surface area is 145 Å². The number of nitrogens with one attached hydrogen (secondary N) is 1. The molecule has 4 rings (SSSR count). The summed E-state index contributed by atoms with van der Waals surface area (Å²) in [6.07, 6.45) is 1.40. The van der Waals surface area contributed by atoms with Crippen molar-refractivity contribution in [3.63, 3.8) is 0 Å². The van der Waals surface area contributed by atoms with Gasteiger partial charge in [0.15, 0.2) is 11.5 Å². The van der Waals surface area contributed by atoms with Crippen molar-refractivity contribution in [3.05, 3.63) is 48.3 Å². The van der Waals surface area contributed by atoms with E-state index in [1.165, 1.54) is 6.07 Å². The van der Waals surface area contributed by atoms with E-state index in [1.807, 2.05) is 11.0 Å². The Morgan fingerprint density at radius 1 is 1.08 bits per heavy atom. The maximum absolute atomic E-state index is 13.9. The zero-order chi connectivity index (χ0) is 17.2. The van der Waals surface area contributed by atoms with Gasteiger partial charge in [-0.2, -0.15) is 0 Å². The average molecular weight is 342 g/mol. The Hall–Kier alpha value is -2.76. The van der Waals surface area contributed by atoms with Crippen LogP contribution in [0.1, 0.15) is 12.8 Å². The predicted molar refractivity (Wildman–Crippen MR) is 92.5 cm³/mol. The SMILES string of the molecule is O=C(Nc1ccc2c(c1)OCO2)C1CCN(c2ccccc2F)CC1. The van der Waals surface area contributed by atoms with Crippen LogP contribution in [0, 0.1) is 11.7 Å². The first-order chi connectivity index (χ1) is 12.2. The van der Waals surface area contributed by atoms with Crippen LogP contribution in [0.25, 0.3) is 0 Å². The molecule has 0 radical (unpaired) electrons. The van der Waals surface area contributed by atoms with Crippen molar-refractivity contribution in [2.24, 2.45) is 5.92 Å². The van der Waals surface area contributed by atoms with E-state index in [0.717, 1.165) is 0 Å². The summed E-state index contributed by atoms with van der Waals surface area (Å²) in [6.45, 7) is 1.54. The summed E-state index contributed by atoms with van der Waals surface area (Å²) >= 11 is 0. The number of para-hydroxylation sites is 1. The molecule has 0 atom stereocenters. The van der Waals surface area contributed by atoms with Gasteiger partial charge in [0.2, 0.25) is 12.7 Å². The van der Waals surface area contributed by atoms with Crippen molar-refractivity contribution >= 4 is 17.3 Å². The predicted octanol–water partition coefficient (Wildman–Crippen LogP) is 3.41. The topological polar surface area (TPSA) is 50.8 Å². The van der Waals surface area contributed by atoms with Crippen LogP contribution in [-0.2, 0) is 4.79 Å². The molecule has 2 aliphatic rings. The summed E-state index contributed by atoms with van der Waals surface area (Å²) in [4.78, 5) is 14.5. The van der Waals surface area contributed by atoms with Crippen LogP contribution in [0.5, 0.6) is 11.5 Å². The lowest BCUT2D eigenvalue weighted by atomic mass is 9.95. The van der Waals surface area contributed by atoms with Crippen molar-refractivity contribution in [3.8, 4) is 11.5 Å². The summed E-state index contributed by atoms with van der Waals surface area (Å²) < 4.78 is 24.5. The standard InChI is InChI=1S/C19H19FN2O3/c20-15-3-1-2-4-16(15)22-9-7-13(8-10-22)19(23)21-14-5-6-17-18(11-14)25-12-24-17/h1-6,11,13H,7-10,12H2,(H,21,23). The average Bonchev–Trinajstić information content (AvgIpc) is 3.10. The Kier molecular flexibility index (Phi) is 4.17. The van der Waals surface area contributed by atoms with Gasteiger partial charge in [-0.05, 0) is 37.1 Å². The first kappa shape index (κ1) is 15.7. The van der Waals surface area contributed by atoms with Crippen molar-refractivity contribution in [2.75, 3.05) is 30.1 Å². The normalized spacial score (nSPS) is 16.8. The molecule has 1 saturated heterocycles. The fourth-order valence-electron chi connectivity index (χ4n) is 3.31. The summed E-state index contributed by atoms with van der Waals surface area (Å²) in [7, 11) is 0. The highest BCUT2D eigenvalue weighted by atomic mass is 19.1. The van der Waals surface area contributed by atoms with Crippen LogP contribution in [0.2, 0.25) is 0 Å². The number of rotatable bonds is 3. The number of carbonyl (C=O) groups is 1. The maximum Gasteiger partial charge on any atom is 0.231 e. The smallest absolute Gasteiger partial charge is 0.231 e. The molecule has 25 heavy (non-hydrogen) atoms.